The topological polar surface area (TPSA) is 142 Å². The Morgan fingerprint density at radius 1 is 1.00 bits per heavy atom. The summed E-state index contributed by atoms with van der Waals surface area (Å²) in [6.45, 7) is 1.52. The Hall–Kier alpha value is -2.54. The summed E-state index contributed by atoms with van der Waals surface area (Å²) in [5.41, 5.74) is 4.93. The van der Waals surface area contributed by atoms with Crippen LogP contribution in [0.1, 0.15) is 6.42 Å². The van der Waals surface area contributed by atoms with Gasteiger partial charge in [0, 0.05) is 13.1 Å². The van der Waals surface area contributed by atoms with Crippen LogP contribution in [0.2, 0.25) is 0 Å². The number of halogens is 6. The van der Waals surface area contributed by atoms with E-state index in [0.29, 0.717) is 12.4 Å². The number of nitrogens with one attached hydrogen (secondary N) is 1. The SMILES string of the molecule is NC(=O)C1=NCCCN1.O=C(O)C(F)(F)F.O=C(O)C(F)(F)F. The number of amides is 1. The van der Waals surface area contributed by atoms with Crippen LogP contribution < -0.4 is 11.1 Å². The van der Waals surface area contributed by atoms with Gasteiger partial charge in [-0.3, -0.25) is 9.79 Å². The second-order valence-corrected chi connectivity index (χ2v) is 3.48. The van der Waals surface area contributed by atoms with Gasteiger partial charge in [-0.1, -0.05) is 0 Å². The van der Waals surface area contributed by atoms with Crippen LogP contribution >= 0.6 is 0 Å². The average molecular weight is 355 g/mol. The van der Waals surface area contributed by atoms with Crippen molar-refractivity contribution < 1.29 is 50.9 Å². The summed E-state index contributed by atoms with van der Waals surface area (Å²) >= 11 is 0. The highest BCUT2D eigenvalue weighted by atomic mass is 19.4. The monoisotopic (exact) mass is 355 g/mol. The Kier molecular flexibility index (Phi) is 9.36. The Balaban J connectivity index is 0. The van der Waals surface area contributed by atoms with Gasteiger partial charge in [0.05, 0.1) is 0 Å². The lowest BCUT2D eigenvalue weighted by molar-refractivity contribution is -0.193. The van der Waals surface area contributed by atoms with Crippen molar-refractivity contribution >= 4 is 23.7 Å². The first-order valence-electron chi connectivity index (χ1n) is 5.38. The van der Waals surface area contributed by atoms with Crippen molar-refractivity contribution in [3.05, 3.63) is 0 Å². The Bertz CT molecular complexity index is 436. The molecule has 0 spiro atoms. The van der Waals surface area contributed by atoms with E-state index in [4.69, 9.17) is 25.5 Å². The molecule has 0 unspecified atom stereocenters. The minimum atomic E-state index is -5.08. The molecule has 14 heteroatoms. The highest BCUT2D eigenvalue weighted by Crippen LogP contribution is 2.13. The fourth-order valence-corrected chi connectivity index (χ4v) is 0.698. The van der Waals surface area contributed by atoms with E-state index < -0.39 is 30.2 Å². The van der Waals surface area contributed by atoms with Gasteiger partial charge < -0.3 is 21.3 Å². The van der Waals surface area contributed by atoms with E-state index in [9.17, 15) is 31.1 Å². The first-order chi connectivity index (χ1) is 10.2. The largest absolute Gasteiger partial charge is 0.490 e. The first-order valence-corrected chi connectivity index (χ1v) is 5.38. The molecule has 1 aliphatic heterocycles. The molecule has 0 aromatic heterocycles. The van der Waals surface area contributed by atoms with Gasteiger partial charge in [-0.2, -0.15) is 26.3 Å². The van der Waals surface area contributed by atoms with Gasteiger partial charge in [-0.05, 0) is 6.42 Å². The maximum absolute atomic E-state index is 10.6. The number of aliphatic imine (C=N–C) groups is 1. The number of carboxylic acid groups (broad SMARTS) is 2. The van der Waals surface area contributed by atoms with Gasteiger partial charge in [0.15, 0.2) is 5.84 Å². The van der Waals surface area contributed by atoms with Crippen molar-refractivity contribution in [2.45, 2.75) is 18.8 Å². The number of rotatable bonds is 1. The van der Waals surface area contributed by atoms with E-state index in [0.717, 1.165) is 13.0 Å². The summed E-state index contributed by atoms with van der Waals surface area (Å²) in [5, 5.41) is 17.0. The Morgan fingerprint density at radius 2 is 1.35 bits per heavy atom. The van der Waals surface area contributed by atoms with Crippen molar-refractivity contribution in [3.63, 3.8) is 0 Å². The molecular formula is C9H11F6N3O5. The van der Waals surface area contributed by atoms with Crippen LogP contribution in [0, 0.1) is 0 Å². The number of hydrogen-bond acceptors (Lipinski definition) is 5. The van der Waals surface area contributed by atoms with Crippen LogP contribution in [-0.2, 0) is 14.4 Å². The number of carbonyl (C=O) groups excluding carboxylic acids is 1. The molecule has 23 heavy (non-hydrogen) atoms. The van der Waals surface area contributed by atoms with Crippen molar-refractivity contribution in [3.8, 4) is 0 Å². The lowest BCUT2D eigenvalue weighted by Crippen LogP contribution is -2.39. The summed E-state index contributed by atoms with van der Waals surface area (Å²) in [5.74, 6) is -5.66. The van der Waals surface area contributed by atoms with Crippen molar-refractivity contribution in [2.24, 2.45) is 10.7 Å². The lowest BCUT2D eigenvalue weighted by atomic mass is 10.3. The molecule has 0 radical (unpaired) electrons. The quantitative estimate of drug-likeness (QED) is 0.493. The van der Waals surface area contributed by atoms with Gasteiger partial charge in [0.1, 0.15) is 0 Å². The predicted molar refractivity (Wildman–Crippen MR) is 61.5 cm³/mol. The predicted octanol–water partition coefficient (Wildman–Crippen LogP) is 0.130. The molecule has 5 N–H and O–H groups in total. The summed E-state index contributed by atoms with van der Waals surface area (Å²) in [6, 6.07) is 0. The highest BCUT2D eigenvalue weighted by Gasteiger charge is 2.38. The molecule has 0 aromatic rings. The molecule has 1 rings (SSSR count). The Morgan fingerprint density at radius 3 is 1.48 bits per heavy atom. The van der Waals surface area contributed by atoms with Crippen molar-refractivity contribution in [2.75, 3.05) is 13.1 Å². The van der Waals surface area contributed by atoms with Gasteiger partial charge in [-0.25, -0.2) is 9.59 Å². The molecule has 0 fully saturated rings. The molecule has 0 aliphatic carbocycles. The summed E-state index contributed by atoms with van der Waals surface area (Å²) in [4.78, 5) is 32.0. The van der Waals surface area contributed by atoms with Crippen LogP contribution in [0.5, 0.6) is 0 Å². The number of nitrogens with two attached hydrogens (primary N) is 1. The molecular weight excluding hydrogens is 344 g/mol. The number of aliphatic carboxylic acids is 2. The summed E-state index contributed by atoms with van der Waals surface area (Å²) in [7, 11) is 0. The molecule has 0 bridgehead atoms. The second-order valence-electron chi connectivity index (χ2n) is 3.48. The zero-order valence-corrected chi connectivity index (χ0v) is 11.0. The first kappa shape index (κ1) is 22.7. The van der Waals surface area contributed by atoms with Crippen molar-refractivity contribution in [1.82, 2.24) is 5.32 Å². The molecule has 1 amide bonds. The third-order valence-electron chi connectivity index (χ3n) is 1.62. The van der Waals surface area contributed by atoms with E-state index in [1.165, 1.54) is 0 Å². The number of primary amides is 1. The van der Waals surface area contributed by atoms with Crippen LogP contribution in [0.15, 0.2) is 4.99 Å². The van der Waals surface area contributed by atoms with Gasteiger partial charge in [0.25, 0.3) is 5.91 Å². The normalized spacial score (nSPS) is 13.9. The van der Waals surface area contributed by atoms with Crippen LogP contribution in [0.3, 0.4) is 0 Å². The molecule has 1 heterocycles. The van der Waals surface area contributed by atoms with E-state index in [2.05, 4.69) is 10.3 Å². The zero-order valence-electron chi connectivity index (χ0n) is 11.0. The van der Waals surface area contributed by atoms with E-state index in [1.807, 2.05) is 0 Å². The number of carbonyl (C=O) groups is 3. The number of amidine groups is 1. The maximum Gasteiger partial charge on any atom is 0.490 e. The smallest absolute Gasteiger partial charge is 0.475 e. The van der Waals surface area contributed by atoms with Crippen LogP contribution in [-0.4, -0.2) is 59.3 Å². The van der Waals surface area contributed by atoms with E-state index in [-0.39, 0.29) is 0 Å². The number of alkyl halides is 6. The van der Waals surface area contributed by atoms with E-state index in [1.54, 1.807) is 0 Å². The fourth-order valence-electron chi connectivity index (χ4n) is 0.698. The molecule has 0 atom stereocenters. The zero-order chi connectivity index (χ0) is 18.8. The number of hydrogen-bond donors (Lipinski definition) is 4. The van der Waals surface area contributed by atoms with Crippen molar-refractivity contribution in [1.29, 1.82) is 0 Å². The average Bonchev–Trinajstić information content (AvgIpc) is 2.38. The minimum Gasteiger partial charge on any atom is -0.475 e. The number of carboxylic acids is 2. The minimum absolute atomic E-state index is 0.321. The standard InChI is InChI=1S/C5H9N3O.2C2HF3O2/c6-4(9)5-7-2-1-3-8-5;2*3-2(4,5)1(6)7/h1-3H2,(H2,6,9)(H,7,8);2*(H,6,7). The van der Waals surface area contributed by atoms with Crippen LogP contribution in [0.4, 0.5) is 26.3 Å². The molecule has 134 valence electrons. The second kappa shape index (κ2) is 9.47. The van der Waals surface area contributed by atoms with E-state index >= 15 is 0 Å². The van der Waals surface area contributed by atoms with Gasteiger partial charge in [0.2, 0.25) is 0 Å². The molecule has 0 aromatic carbocycles. The van der Waals surface area contributed by atoms with Gasteiger partial charge >= 0.3 is 24.3 Å². The highest BCUT2D eigenvalue weighted by molar-refractivity contribution is 6.37. The molecule has 1 aliphatic rings. The third kappa shape index (κ3) is 12.9. The van der Waals surface area contributed by atoms with Gasteiger partial charge in [-0.15, -0.1) is 0 Å². The molecule has 8 nitrogen and oxygen atoms in total. The third-order valence-corrected chi connectivity index (χ3v) is 1.62. The number of nitrogens with zero attached hydrogens (tertiary/aromatic N) is 1. The molecule has 0 saturated carbocycles. The Labute approximate surface area is 124 Å². The fraction of sp³-hybridized carbons (Fsp3) is 0.556. The summed E-state index contributed by atoms with van der Waals surface area (Å²) in [6.07, 6.45) is -9.18. The maximum atomic E-state index is 10.6. The molecule has 0 saturated heterocycles. The summed E-state index contributed by atoms with van der Waals surface area (Å²) < 4.78 is 63.5. The lowest BCUT2D eigenvalue weighted by Gasteiger charge is -2.10. The van der Waals surface area contributed by atoms with Crippen LogP contribution in [0.25, 0.3) is 0 Å².